The Labute approximate surface area is 129 Å². The number of nitrogen functional groups attached to an aromatic ring is 1. The Hall–Kier alpha value is -1.32. The molecule has 0 heterocycles. The number of halogens is 2. The molecule has 0 aromatic heterocycles. The van der Waals surface area contributed by atoms with Crippen molar-refractivity contribution in [1.82, 2.24) is 0 Å². The molecule has 1 aliphatic rings. The van der Waals surface area contributed by atoms with Gasteiger partial charge in [0.2, 0.25) is 0 Å². The maximum atomic E-state index is 5.91. The number of hydrogen-bond acceptors (Lipinski definition) is 1. The summed E-state index contributed by atoms with van der Waals surface area (Å²) < 4.78 is 1.81. The zero-order valence-electron chi connectivity index (χ0n) is 10.0. The van der Waals surface area contributed by atoms with Crippen molar-refractivity contribution in [3.8, 4) is 0 Å². The maximum absolute atomic E-state index is 5.91. The highest BCUT2D eigenvalue weighted by atomic mass is 79.9. The minimum atomic E-state index is 0.726. The first-order valence-electron chi connectivity index (χ1n) is 5.89. The second-order valence-corrected chi connectivity index (χ2v) is 6.13. The Morgan fingerprint density at radius 1 is 0.947 bits per heavy atom. The van der Waals surface area contributed by atoms with Gasteiger partial charge in [-0.1, -0.05) is 36.4 Å². The summed E-state index contributed by atoms with van der Waals surface area (Å²) in [4.78, 5) is 0. The second-order valence-electron chi connectivity index (χ2n) is 4.42. The number of rotatable bonds is 1. The lowest BCUT2D eigenvalue weighted by Crippen LogP contribution is -1.89. The fraction of sp³-hybridized carbons (Fsp3) is 0. The summed E-state index contributed by atoms with van der Waals surface area (Å²) in [6, 6.07) is 12.4. The van der Waals surface area contributed by atoms with Gasteiger partial charge in [0.25, 0.3) is 0 Å². The Morgan fingerprint density at radius 2 is 1.63 bits per heavy atom. The Bertz CT molecular complexity index is 691. The maximum Gasteiger partial charge on any atom is 0.0603 e. The molecule has 19 heavy (non-hydrogen) atoms. The molecule has 0 aliphatic heterocycles. The standard InChI is InChI=1S/C16H11Br2N/c17-14-8-10(9-15(18)16(14)19)7-12-6-5-11-3-1-2-4-13(11)12/h1-9H,19H2/b12-7-. The van der Waals surface area contributed by atoms with Crippen molar-refractivity contribution in [1.29, 1.82) is 0 Å². The van der Waals surface area contributed by atoms with Crippen LogP contribution >= 0.6 is 31.9 Å². The summed E-state index contributed by atoms with van der Waals surface area (Å²) in [7, 11) is 0. The lowest BCUT2D eigenvalue weighted by atomic mass is 10.0. The minimum Gasteiger partial charge on any atom is -0.397 e. The average molecular weight is 377 g/mol. The molecular formula is C16H11Br2N. The quantitative estimate of drug-likeness (QED) is 0.666. The molecule has 0 saturated heterocycles. The van der Waals surface area contributed by atoms with E-state index in [0.717, 1.165) is 20.2 Å². The van der Waals surface area contributed by atoms with Crippen molar-refractivity contribution in [2.24, 2.45) is 0 Å². The highest BCUT2D eigenvalue weighted by molar-refractivity contribution is 9.11. The first kappa shape index (κ1) is 12.7. The molecule has 0 fully saturated rings. The molecule has 1 nitrogen and oxygen atoms in total. The fourth-order valence-corrected chi connectivity index (χ4v) is 3.39. The van der Waals surface area contributed by atoms with Crippen LogP contribution in [0.4, 0.5) is 5.69 Å². The molecule has 0 bridgehead atoms. The van der Waals surface area contributed by atoms with Crippen LogP contribution in [0.15, 0.2) is 51.4 Å². The predicted molar refractivity (Wildman–Crippen MR) is 89.6 cm³/mol. The molecule has 0 amide bonds. The second kappa shape index (κ2) is 4.99. The third kappa shape index (κ3) is 2.40. The van der Waals surface area contributed by atoms with E-state index in [9.17, 15) is 0 Å². The SMILES string of the molecule is Nc1c(Br)cc(/C=C2/C=Cc3ccccc32)cc1Br. The van der Waals surface area contributed by atoms with Crippen LogP contribution in [-0.4, -0.2) is 0 Å². The molecule has 3 heteroatoms. The van der Waals surface area contributed by atoms with E-state index in [1.54, 1.807) is 0 Å². The van der Waals surface area contributed by atoms with Gasteiger partial charge in [-0.15, -0.1) is 0 Å². The van der Waals surface area contributed by atoms with Gasteiger partial charge in [-0.3, -0.25) is 0 Å². The molecule has 0 unspecified atom stereocenters. The molecular weight excluding hydrogens is 366 g/mol. The van der Waals surface area contributed by atoms with Crippen molar-refractivity contribution >= 4 is 55.3 Å². The molecule has 2 aromatic rings. The van der Waals surface area contributed by atoms with Gasteiger partial charge in [0.15, 0.2) is 0 Å². The minimum absolute atomic E-state index is 0.726. The lowest BCUT2D eigenvalue weighted by molar-refractivity contribution is 1.55. The molecule has 3 rings (SSSR count). The van der Waals surface area contributed by atoms with E-state index in [1.165, 1.54) is 16.7 Å². The highest BCUT2D eigenvalue weighted by Gasteiger charge is 2.10. The number of nitrogens with two attached hydrogens (primary N) is 1. The third-order valence-electron chi connectivity index (χ3n) is 3.14. The van der Waals surface area contributed by atoms with E-state index in [-0.39, 0.29) is 0 Å². The van der Waals surface area contributed by atoms with Crippen LogP contribution < -0.4 is 5.73 Å². The number of hydrogen-bond donors (Lipinski definition) is 1. The Kier molecular flexibility index (Phi) is 3.33. The largest absolute Gasteiger partial charge is 0.397 e. The monoisotopic (exact) mass is 375 g/mol. The smallest absolute Gasteiger partial charge is 0.0603 e. The van der Waals surface area contributed by atoms with Crippen LogP contribution in [0.2, 0.25) is 0 Å². The van der Waals surface area contributed by atoms with Crippen LogP contribution in [0.1, 0.15) is 16.7 Å². The van der Waals surface area contributed by atoms with Gasteiger partial charge in [0, 0.05) is 8.95 Å². The molecule has 0 radical (unpaired) electrons. The zero-order chi connectivity index (χ0) is 13.4. The summed E-state index contributed by atoms with van der Waals surface area (Å²) in [5, 5.41) is 0. The number of anilines is 1. The van der Waals surface area contributed by atoms with Gasteiger partial charge in [0.1, 0.15) is 0 Å². The normalized spacial score (nSPS) is 14.9. The van der Waals surface area contributed by atoms with Crippen molar-refractivity contribution < 1.29 is 0 Å². The van der Waals surface area contributed by atoms with E-state index < -0.39 is 0 Å². The van der Waals surface area contributed by atoms with Crippen molar-refractivity contribution in [3.05, 3.63) is 68.1 Å². The van der Waals surface area contributed by atoms with Crippen LogP contribution in [0.3, 0.4) is 0 Å². The van der Waals surface area contributed by atoms with Crippen molar-refractivity contribution in [3.63, 3.8) is 0 Å². The zero-order valence-corrected chi connectivity index (χ0v) is 13.2. The number of allylic oxidation sites excluding steroid dienone is 2. The molecule has 0 saturated carbocycles. The summed E-state index contributed by atoms with van der Waals surface area (Å²) in [6.07, 6.45) is 6.45. The lowest BCUT2D eigenvalue weighted by Gasteiger charge is -2.05. The summed E-state index contributed by atoms with van der Waals surface area (Å²) in [5.74, 6) is 0. The van der Waals surface area contributed by atoms with Gasteiger partial charge >= 0.3 is 0 Å². The molecule has 1 aliphatic carbocycles. The van der Waals surface area contributed by atoms with Gasteiger partial charge in [-0.05, 0) is 72.3 Å². The van der Waals surface area contributed by atoms with E-state index >= 15 is 0 Å². The van der Waals surface area contributed by atoms with E-state index in [4.69, 9.17) is 5.73 Å². The van der Waals surface area contributed by atoms with E-state index in [2.05, 4.69) is 74.4 Å². The summed E-state index contributed by atoms with van der Waals surface area (Å²) in [6.45, 7) is 0. The Morgan fingerprint density at radius 3 is 2.37 bits per heavy atom. The van der Waals surface area contributed by atoms with Crippen LogP contribution in [0.25, 0.3) is 17.7 Å². The van der Waals surface area contributed by atoms with Gasteiger partial charge in [0.05, 0.1) is 5.69 Å². The van der Waals surface area contributed by atoms with Crippen molar-refractivity contribution in [2.45, 2.75) is 0 Å². The predicted octanol–water partition coefficient (Wildman–Crippen LogP) is 5.36. The summed E-state index contributed by atoms with van der Waals surface area (Å²) >= 11 is 6.95. The van der Waals surface area contributed by atoms with Crippen LogP contribution in [0.5, 0.6) is 0 Å². The molecule has 2 N–H and O–H groups in total. The third-order valence-corrected chi connectivity index (χ3v) is 4.45. The highest BCUT2D eigenvalue weighted by Crippen LogP contribution is 2.34. The first-order valence-corrected chi connectivity index (χ1v) is 7.47. The van der Waals surface area contributed by atoms with Gasteiger partial charge in [-0.25, -0.2) is 0 Å². The fourth-order valence-electron chi connectivity index (χ4n) is 2.17. The molecule has 0 spiro atoms. The molecule has 94 valence electrons. The topological polar surface area (TPSA) is 26.0 Å². The van der Waals surface area contributed by atoms with Crippen LogP contribution in [0, 0.1) is 0 Å². The summed E-state index contributed by atoms with van der Waals surface area (Å²) in [5.41, 5.74) is 11.5. The molecule has 0 atom stereocenters. The van der Waals surface area contributed by atoms with E-state index in [1.807, 2.05) is 12.1 Å². The number of benzene rings is 2. The number of fused-ring (bicyclic) bond motifs is 1. The van der Waals surface area contributed by atoms with E-state index in [0.29, 0.717) is 0 Å². The van der Waals surface area contributed by atoms with Gasteiger partial charge in [-0.2, -0.15) is 0 Å². The average Bonchev–Trinajstić information content (AvgIpc) is 2.79. The van der Waals surface area contributed by atoms with Gasteiger partial charge < -0.3 is 5.73 Å². The van der Waals surface area contributed by atoms with Crippen LogP contribution in [-0.2, 0) is 0 Å². The molecule has 2 aromatic carbocycles. The first-order chi connectivity index (χ1) is 9.15. The Balaban J connectivity index is 2.07. The van der Waals surface area contributed by atoms with Crippen molar-refractivity contribution in [2.75, 3.05) is 5.73 Å².